The van der Waals surface area contributed by atoms with Crippen molar-refractivity contribution in [1.29, 1.82) is 0 Å². The predicted molar refractivity (Wildman–Crippen MR) is 69.5 cm³/mol. The first kappa shape index (κ1) is 15.9. The van der Waals surface area contributed by atoms with Crippen molar-refractivity contribution in [3.8, 4) is 0 Å². The van der Waals surface area contributed by atoms with Crippen LogP contribution in [0.4, 0.5) is 19.3 Å². The number of rotatable bonds is 6. The summed E-state index contributed by atoms with van der Waals surface area (Å²) >= 11 is 0. The quantitative estimate of drug-likeness (QED) is 0.752. The number of benzene rings is 1. The van der Waals surface area contributed by atoms with E-state index in [2.05, 4.69) is 10.6 Å². The SMILES string of the molecule is CCCCC(NC(=O)Nc1ccc(F)c(F)c1)C(=O)O. The number of anilines is 1. The van der Waals surface area contributed by atoms with E-state index in [0.29, 0.717) is 12.8 Å². The van der Waals surface area contributed by atoms with Crippen molar-refractivity contribution in [2.75, 3.05) is 5.32 Å². The number of carbonyl (C=O) groups excluding carboxylic acids is 1. The summed E-state index contributed by atoms with van der Waals surface area (Å²) in [5, 5.41) is 13.5. The fraction of sp³-hybridized carbons (Fsp3) is 0.385. The highest BCUT2D eigenvalue weighted by Crippen LogP contribution is 2.13. The molecule has 0 radical (unpaired) electrons. The minimum Gasteiger partial charge on any atom is -0.480 e. The van der Waals surface area contributed by atoms with Crippen molar-refractivity contribution in [1.82, 2.24) is 5.32 Å². The Hall–Kier alpha value is -2.18. The molecule has 20 heavy (non-hydrogen) atoms. The topological polar surface area (TPSA) is 78.4 Å². The number of carboxylic acids is 1. The van der Waals surface area contributed by atoms with Crippen LogP contribution in [-0.4, -0.2) is 23.1 Å². The summed E-state index contributed by atoms with van der Waals surface area (Å²) in [5.41, 5.74) is 0.0426. The van der Waals surface area contributed by atoms with Gasteiger partial charge in [-0.3, -0.25) is 0 Å². The van der Waals surface area contributed by atoms with Crippen molar-refractivity contribution in [2.24, 2.45) is 0 Å². The van der Waals surface area contributed by atoms with Crippen LogP contribution in [0.1, 0.15) is 26.2 Å². The van der Waals surface area contributed by atoms with Gasteiger partial charge in [-0.05, 0) is 18.6 Å². The molecule has 0 aliphatic carbocycles. The summed E-state index contributed by atoms with van der Waals surface area (Å²) < 4.78 is 25.7. The van der Waals surface area contributed by atoms with Crippen molar-refractivity contribution in [3.05, 3.63) is 29.8 Å². The smallest absolute Gasteiger partial charge is 0.326 e. The van der Waals surface area contributed by atoms with Gasteiger partial charge in [0.1, 0.15) is 6.04 Å². The molecule has 0 fully saturated rings. The molecule has 0 aliphatic heterocycles. The molecule has 1 rings (SSSR count). The number of aliphatic carboxylic acids is 1. The molecule has 0 spiro atoms. The zero-order valence-electron chi connectivity index (χ0n) is 11.0. The molecule has 3 N–H and O–H groups in total. The van der Waals surface area contributed by atoms with E-state index < -0.39 is 29.7 Å². The number of carbonyl (C=O) groups is 2. The third-order valence-corrected chi connectivity index (χ3v) is 2.63. The zero-order chi connectivity index (χ0) is 15.1. The van der Waals surface area contributed by atoms with E-state index in [0.717, 1.165) is 18.6 Å². The standard InChI is InChI=1S/C13H16F2N2O3/c1-2-3-4-11(12(18)19)17-13(20)16-8-5-6-9(14)10(15)7-8/h5-7,11H,2-4H2,1H3,(H,18,19)(H2,16,17,20). The number of unbranched alkanes of at least 4 members (excludes halogenated alkanes) is 1. The monoisotopic (exact) mass is 286 g/mol. The van der Waals surface area contributed by atoms with Crippen LogP contribution in [0.5, 0.6) is 0 Å². The normalized spacial score (nSPS) is 11.8. The van der Waals surface area contributed by atoms with E-state index >= 15 is 0 Å². The van der Waals surface area contributed by atoms with E-state index in [1.54, 1.807) is 0 Å². The Morgan fingerprint density at radius 1 is 1.30 bits per heavy atom. The molecule has 0 saturated heterocycles. The second kappa shape index (κ2) is 7.42. The molecule has 0 bridgehead atoms. The van der Waals surface area contributed by atoms with Gasteiger partial charge in [0, 0.05) is 11.8 Å². The van der Waals surface area contributed by atoms with E-state index in [1.807, 2.05) is 6.92 Å². The average Bonchev–Trinajstić information content (AvgIpc) is 2.38. The maximum atomic E-state index is 12.9. The van der Waals surface area contributed by atoms with E-state index in [9.17, 15) is 18.4 Å². The lowest BCUT2D eigenvalue weighted by atomic mass is 10.1. The van der Waals surface area contributed by atoms with Crippen molar-refractivity contribution < 1.29 is 23.5 Å². The Bertz CT molecular complexity index is 495. The molecule has 1 aromatic rings. The number of amides is 2. The van der Waals surface area contributed by atoms with Crippen LogP contribution in [0.3, 0.4) is 0 Å². The maximum Gasteiger partial charge on any atom is 0.326 e. The lowest BCUT2D eigenvalue weighted by Gasteiger charge is -2.14. The van der Waals surface area contributed by atoms with Crippen LogP contribution in [0, 0.1) is 11.6 Å². The summed E-state index contributed by atoms with van der Waals surface area (Å²) in [6, 6.07) is 1.08. The third kappa shape index (κ3) is 4.83. The highest BCUT2D eigenvalue weighted by atomic mass is 19.2. The Morgan fingerprint density at radius 3 is 2.55 bits per heavy atom. The molecule has 5 nitrogen and oxygen atoms in total. The molecule has 0 heterocycles. The Balaban J connectivity index is 2.60. The Morgan fingerprint density at radius 2 is 2.00 bits per heavy atom. The van der Waals surface area contributed by atoms with E-state index in [4.69, 9.17) is 5.11 Å². The summed E-state index contributed by atoms with van der Waals surface area (Å²) in [6.45, 7) is 1.90. The maximum absolute atomic E-state index is 12.9. The molecular weight excluding hydrogens is 270 g/mol. The van der Waals surface area contributed by atoms with Crippen LogP contribution in [-0.2, 0) is 4.79 Å². The van der Waals surface area contributed by atoms with Crippen LogP contribution >= 0.6 is 0 Å². The fourth-order valence-electron chi connectivity index (χ4n) is 1.56. The summed E-state index contributed by atoms with van der Waals surface area (Å²) in [7, 11) is 0. The number of urea groups is 1. The number of hydrogen-bond acceptors (Lipinski definition) is 2. The molecule has 1 unspecified atom stereocenters. The van der Waals surface area contributed by atoms with Gasteiger partial charge in [-0.2, -0.15) is 0 Å². The molecule has 2 amide bonds. The van der Waals surface area contributed by atoms with Gasteiger partial charge < -0.3 is 15.7 Å². The van der Waals surface area contributed by atoms with Crippen molar-refractivity contribution >= 4 is 17.7 Å². The molecular formula is C13H16F2N2O3. The first-order valence-electron chi connectivity index (χ1n) is 6.19. The van der Waals surface area contributed by atoms with Crippen LogP contribution < -0.4 is 10.6 Å². The zero-order valence-corrected chi connectivity index (χ0v) is 11.0. The minimum absolute atomic E-state index is 0.0426. The molecule has 1 atom stereocenters. The third-order valence-electron chi connectivity index (χ3n) is 2.63. The first-order valence-corrected chi connectivity index (χ1v) is 6.19. The van der Waals surface area contributed by atoms with E-state index in [1.165, 1.54) is 6.07 Å². The summed E-state index contributed by atoms with van der Waals surface area (Å²) in [4.78, 5) is 22.5. The van der Waals surface area contributed by atoms with Crippen LogP contribution in [0.15, 0.2) is 18.2 Å². The summed E-state index contributed by atoms with van der Waals surface area (Å²) in [5.74, 6) is -3.26. The van der Waals surface area contributed by atoms with Crippen LogP contribution in [0.2, 0.25) is 0 Å². The predicted octanol–water partition coefficient (Wildman–Crippen LogP) is 2.73. The lowest BCUT2D eigenvalue weighted by molar-refractivity contribution is -0.139. The molecule has 0 saturated carbocycles. The highest BCUT2D eigenvalue weighted by molar-refractivity contribution is 5.92. The average molecular weight is 286 g/mol. The molecule has 7 heteroatoms. The van der Waals surface area contributed by atoms with Gasteiger partial charge in [0.25, 0.3) is 0 Å². The Kier molecular flexibility index (Phi) is 5.89. The van der Waals surface area contributed by atoms with Gasteiger partial charge in [0.05, 0.1) is 0 Å². The summed E-state index contributed by atoms with van der Waals surface area (Å²) in [6.07, 6.45) is 1.76. The molecule has 0 aliphatic rings. The second-order valence-electron chi connectivity index (χ2n) is 4.26. The first-order chi connectivity index (χ1) is 9.43. The van der Waals surface area contributed by atoms with Gasteiger partial charge in [-0.1, -0.05) is 19.8 Å². The molecule has 110 valence electrons. The minimum atomic E-state index is -1.14. The largest absolute Gasteiger partial charge is 0.480 e. The van der Waals surface area contributed by atoms with Crippen molar-refractivity contribution in [3.63, 3.8) is 0 Å². The number of nitrogens with one attached hydrogen (secondary N) is 2. The number of halogens is 2. The van der Waals surface area contributed by atoms with Gasteiger partial charge in [0.15, 0.2) is 11.6 Å². The fourth-order valence-corrected chi connectivity index (χ4v) is 1.56. The van der Waals surface area contributed by atoms with Gasteiger partial charge in [0.2, 0.25) is 0 Å². The number of hydrogen-bond donors (Lipinski definition) is 3. The highest BCUT2D eigenvalue weighted by Gasteiger charge is 2.19. The molecule has 0 aromatic heterocycles. The van der Waals surface area contributed by atoms with Gasteiger partial charge >= 0.3 is 12.0 Å². The van der Waals surface area contributed by atoms with E-state index in [-0.39, 0.29) is 5.69 Å². The second-order valence-corrected chi connectivity index (χ2v) is 4.26. The van der Waals surface area contributed by atoms with Crippen LogP contribution in [0.25, 0.3) is 0 Å². The number of carboxylic acid groups (broad SMARTS) is 1. The van der Waals surface area contributed by atoms with Gasteiger partial charge in [-0.25, -0.2) is 18.4 Å². The molecule has 1 aromatic carbocycles. The Labute approximate surface area is 115 Å². The van der Waals surface area contributed by atoms with Gasteiger partial charge in [-0.15, -0.1) is 0 Å². The van der Waals surface area contributed by atoms with Crippen molar-refractivity contribution in [2.45, 2.75) is 32.2 Å². The lowest BCUT2D eigenvalue weighted by Crippen LogP contribution is -2.42.